The molecule has 0 fully saturated rings. The molecule has 0 heterocycles. The molecule has 1 rings (SSSR count). The zero-order valence-electron chi connectivity index (χ0n) is 7.08. The van der Waals surface area contributed by atoms with Crippen LogP contribution >= 0.6 is 34.8 Å². The summed E-state index contributed by atoms with van der Waals surface area (Å²) in [5.74, 6) is 0. The van der Waals surface area contributed by atoms with Crippen LogP contribution in [0.25, 0.3) is 5.57 Å². The van der Waals surface area contributed by atoms with Crippen molar-refractivity contribution in [2.75, 3.05) is 0 Å². The number of halogens is 6. The number of benzene rings is 1. The SMILES string of the molecule is FC=C(c1cc(Cl)c(Cl)c(Cl)c1)C(F)F. The maximum atomic E-state index is 12.3. The van der Waals surface area contributed by atoms with E-state index in [1.807, 2.05) is 0 Å². The Morgan fingerprint density at radius 3 is 1.93 bits per heavy atom. The summed E-state index contributed by atoms with van der Waals surface area (Å²) in [4.78, 5) is 0. The fourth-order valence-corrected chi connectivity index (χ4v) is 1.55. The normalized spacial score (nSPS) is 12.3. The van der Waals surface area contributed by atoms with Gasteiger partial charge in [-0.3, -0.25) is 0 Å². The Kier molecular flexibility index (Phi) is 4.32. The molecule has 0 aliphatic rings. The molecule has 0 saturated heterocycles. The summed E-state index contributed by atoms with van der Waals surface area (Å²) in [5, 5.41) is 0.0490. The molecule has 0 nitrogen and oxygen atoms in total. The first-order valence-corrected chi connectivity index (χ1v) is 4.84. The molecule has 0 unspecified atom stereocenters. The monoisotopic (exact) mass is 274 g/mol. The van der Waals surface area contributed by atoms with Gasteiger partial charge in [-0.2, -0.15) is 0 Å². The summed E-state index contributed by atoms with van der Waals surface area (Å²) in [6.07, 6.45) is -3.12. The van der Waals surface area contributed by atoms with Gasteiger partial charge in [-0.15, -0.1) is 0 Å². The van der Waals surface area contributed by atoms with Crippen LogP contribution in [0, 0.1) is 0 Å². The second-order valence-electron chi connectivity index (χ2n) is 2.62. The van der Waals surface area contributed by atoms with E-state index >= 15 is 0 Å². The first-order valence-electron chi connectivity index (χ1n) is 3.70. The second-order valence-corrected chi connectivity index (χ2v) is 3.81. The van der Waals surface area contributed by atoms with E-state index in [4.69, 9.17) is 34.8 Å². The summed E-state index contributed by atoms with van der Waals surface area (Å²) < 4.78 is 36.8. The third kappa shape index (κ3) is 2.80. The molecule has 0 amide bonds. The van der Waals surface area contributed by atoms with Gasteiger partial charge in [-0.25, -0.2) is 13.2 Å². The minimum absolute atomic E-state index is 0.000772. The minimum Gasteiger partial charge on any atom is -0.215 e. The van der Waals surface area contributed by atoms with Gasteiger partial charge in [0, 0.05) is 0 Å². The van der Waals surface area contributed by atoms with Crippen LogP contribution in [-0.2, 0) is 0 Å². The van der Waals surface area contributed by atoms with Crippen molar-refractivity contribution < 1.29 is 13.2 Å². The molecule has 0 spiro atoms. The van der Waals surface area contributed by atoms with Crippen molar-refractivity contribution in [2.24, 2.45) is 0 Å². The molecule has 0 N–H and O–H groups in total. The first-order chi connectivity index (χ1) is 6.97. The highest BCUT2D eigenvalue weighted by Crippen LogP contribution is 2.34. The van der Waals surface area contributed by atoms with Gasteiger partial charge in [0.2, 0.25) is 0 Å². The Morgan fingerprint density at radius 2 is 1.60 bits per heavy atom. The van der Waals surface area contributed by atoms with Crippen LogP contribution in [0.4, 0.5) is 13.2 Å². The molecule has 1 aromatic rings. The van der Waals surface area contributed by atoms with Crippen molar-refractivity contribution >= 4 is 40.4 Å². The van der Waals surface area contributed by atoms with E-state index in [1.165, 1.54) is 0 Å². The highest BCUT2D eigenvalue weighted by atomic mass is 35.5. The van der Waals surface area contributed by atoms with Crippen molar-refractivity contribution in [3.05, 3.63) is 39.1 Å². The fourth-order valence-electron chi connectivity index (χ4n) is 0.959. The highest BCUT2D eigenvalue weighted by Gasteiger charge is 2.16. The van der Waals surface area contributed by atoms with Crippen molar-refractivity contribution in [1.82, 2.24) is 0 Å². The van der Waals surface area contributed by atoms with Gasteiger partial charge in [0.25, 0.3) is 6.43 Å². The average molecular weight is 275 g/mol. The maximum absolute atomic E-state index is 12.3. The summed E-state index contributed by atoms with van der Waals surface area (Å²) in [6.45, 7) is 0. The van der Waals surface area contributed by atoms with E-state index in [1.54, 1.807) is 0 Å². The van der Waals surface area contributed by atoms with Crippen LogP contribution in [0.3, 0.4) is 0 Å². The van der Waals surface area contributed by atoms with Crippen LogP contribution in [0.2, 0.25) is 15.1 Å². The van der Waals surface area contributed by atoms with Crippen molar-refractivity contribution in [3.63, 3.8) is 0 Å². The molecule has 0 aromatic heterocycles. The molecule has 0 bridgehead atoms. The molecule has 6 heteroatoms. The van der Waals surface area contributed by atoms with Crippen molar-refractivity contribution in [1.29, 1.82) is 0 Å². The molecule has 0 radical (unpaired) electrons. The first kappa shape index (κ1) is 12.7. The Hall–Kier alpha value is -0.380. The topological polar surface area (TPSA) is 0 Å². The standard InChI is InChI=1S/C9H4Cl3F3/c10-6-1-4(2-7(11)8(6)12)5(3-13)9(14)15/h1-3,9H. The van der Waals surface area contributed by atoms with Gasteiger partial charge in [0.05, 0.1) is 27.0 Å². The van der Waals surface area contributed by atoms with E-state index in [0.717, 1.165) is 12.1 Å². The van der Waals surface area contributed by atoms with Gasteiger partial charge in [-0.05, 0) is 17.7 Å². The second kappa shape index (κ2) is 5.10. The molecular formula is C9H4Cl3F3. The average Bonchev–Trinajstić information content (AvgIpc) is 2.14. The smallest absolute Gasteiger partial charge is 0.215 e. The molecule has 15 heavy (non-hydrogen) atoms. The minimum atomic E-state index is -2.94. The molecule has 1 aromatic carbocycles. The molecule has 0 atom stereocenters. The number of hydrogen-bond acceptors (Lipinski definition) is 0. The lowest BCUT2D eigenvalue weighted by Crippen LogP contribution is -1.96. The van der Waals surface area contributed by atoms with Crippen molar-refractivity contribution in [3.8, 4) is 0 Å². The third-order valence-corrected chi connectivity index (χ3v) is 2.87. The summed E-state index contributed by atoms with van der Waals surface area (Å²) >= 11 is 16.8. The third-order valence-electron chi connectivity index (χ3n) is 1.67. The van der Waals surface area contributed by atoms with Crippen molar-refractivity contribution in [2.45, 2.75) is 6.43 Å². The Balaban J connectivity index is 3.28. The Morgan fingerprint density at radius 1 is 1.13 bits per heavy atom. The molecular weight excluding hydrogens is 271 g/mol. The van der Waals surface area contributed by atoms with E-state index in [9.17, 15) is 13.2 Å². The van der Waals surface area contributed by atoms with E-state index in [0.29, 0.717) is 0 Å². The zero-order chi connectivity index (χ0) is 11.6. The molecule has 0 aliphatic carbocycles. The molecule has 0 saturated carbocycles. The largest absolute Gasteiger partial charge is 0.266 e. The van der Waals surface area contributed by atoms with E-state index in [2.05, 4.69) is 0 Å². The van der Waals surface area contributed by atoms with Gasteiger partial charge in [-0.1, -0.05) is 34.8 Å². The van der Waals surface area contributed by atoms with E-state index < -0.39 is 12.0 Å². The van der Waals surface area contributed by atoms with Crippen LogP contribution in [-0.4, -0.2) is 6.43 Å². The lowest BCUT2D eigenvalue weighted by molar-refractivity contribution is 0.214. The van der Waals surface area contributed by atoms with E-state index in [-0.39, 0.29) is 27.0 Å². The summed E-state index contributed by atoms with van der Waals surface area (Å²) in [7, 11) is 0. The van der Waals surface area contributed by atoms with Gasteiger partial charge >= 0.3 is 0 Å². The lowest BCUT2D eigenvalue weighted by Gasteiger charge is -2.07. The number of alkyl halides is 2. The quantitative estimate of drug-likeness (QED) is 0.649. The Labute approximate surface area is 99.2 Å². The van der Waals surface area contributed by atoms with Gasteiger partial charge in [0.1, 0.15) is 0 Å². The highest BCUT2D eigenvalue weighted by molar-refractivity contribution is 6.48. The zero-order valence-corrected chi connectivity index (χ0v) is 9.34. The maximum Gasteiger partial charge on any atom is 0.266 e. The predicted molar refractivity (Wildman–Crippen MR) is 56.6 cm³/mol. The number of hydrogen-bond donors (Lipinski definition) is 0. The molecule has 0 aliphatic heterocycles. The number of allylic oxidation sites excluding steroid dienone is 1. The molecule has 82 valence electrons. The van der Waals surface area contributed by atoms with Gasteiger partial charge < -0.3 is 0 Å². The Bertz CT molecular complexity index is 379. The van der Waals surface area contributed by atoms with Crippen LogP contribution in [0.5, 0.6) is 0 Å². The summed E-state index contributed by atoms with van der Waals surface area (Å²) in [5.41, 5.74) is -0.873. The predicted octanol–water partition coefficient (Wildman–Crippen LogP) is 5.22. The number of rotatable bonds is 2. The lowest BCUT2D eigenvalue weighted by atomic mass is 10.1. The van der Waals surface area contributed by atoms with Gasteiger partial charge in [0.15, 0.2) is 0 Å². The fraction of sp³-hybridized carbons (Fsp3) is 0.111. The van der Waals surface area contributed by atoms with Crippen LogP contribution < -0.4 is 0 Å². The summed E-state index contributed by atoms with van der Waals surface area (Å²) in [6, 6.07) is 2.26. The van der Waals surface area contributed by atoms with Crippen LogP contribution in [0.15, 0.2) is 18.5 Å². The van der Waals surface area contributed by atoms with Crippen LogP contribution in [0.1, 0.15) is 5.56 Å².